The Bertz CT molecular complexity index is 623. The zero-order valence-electron chi connectivity index (χ0n) is 10.8. The largest absolute Gasteiger partial charge is 0.398 e. The molecule has 94 valence electrons. The monoisotopic (exact) mass is 243 g/mol. The van der Waals surface area contributed by atoms with Crippen LogP contribution in [0.25, 0.3) is 16.6 Å². The Morgan fingerprint density at radius 3 is 2.72 bits per heavy atom. The van der Waals surface area contributed by atoms with E-state index in [9.17, 15) is 4.79 Å². The molecule has 0 bridgehead atoms. The molecule has 18 heavy (non-hydrogen) atoms. The maximum atomic E-state index is 11.7. The second-order valence-electron chi connectivity index (χ2n) is 4.71. The van der Waals surface area contributed by atoms with Gasteiger partial charge < -0.3 is 5.73 Å². The Kier molecular flexibility index (Phi) is 3.19. The molecule has 0 atom stereocenters. The van der Waals surface area contributed by atoms with E-state index in [1.54, 1.807) is 13.1 Å². The molecule has 0 saturated carbocycles. The number of carbonyl (C=O) groups excluding carboxylic acids is 1. The predicted octanol–water partition coefficient (Wildman–Crippen LogP) is 2.48. The number of aromatic amines is 1. The second-order valence-corrected chi connectivity index (χ2v) is 4.71. The van der Waals surface area contributed by atoms with Gasteiger partial charge in [-0.25, -0.2) is 0 Å². The molecular formula is C14H17N3O. The highest BCUT2D eigenvalue weighted by Crippen LogP contribution is 2.23. The molecule has 1 aromatic heterocycles. The number of hydrogen-bond acceptors (Lipinski definition) is 3. The minimum atomic E-state index is 0.0230. The van der Waals surface area contributed by atoms with E-state index in [0.29, 0.717) is 11.3 Å². The van der Waals surface area contributed by atoms with Crippen LogP contribution in [0, 0.1) is 5.92 Å². The zero-order valence-corrected chi connectivity index (χ0v) is 10.8. The molecule has 0 saturated heterocycles. The van der Waals surface area contributed by atoms with E-state index < -0.39 is 0 Å². The Hall–Kier alpha value is -2.10. The summed E-state index contributed by atoms with van der Waals surface area (Å²) in [5, 5.41) is 7.84. The van der Waals surface area contributed by atoms with Crippen LogP contribution in [-0.2, 0) is 4.79 Å². The first kappa shape index (κ1) is 12.4. The number of rotatable bonds is 3. The molecule has 3 N–H and O–H groups in total. The van der Waals surface area contributed by atoms with E-state index >= 15 is 0 Å². The van der Waals surface area contributed by atoms with Crippen molar-refractivity contribution in [2.75, 3.05) is 0 Å². The van der Waals surface area contributed by atoms with E-state index in [4.69, 9.17) is 5.73 Å². The van der Waals surface area contributed by atoms with Crippen LogP contribution in [0.1, 0.15) is 26.3 Å². The lowest BCUT2D eigenvalue weighted by atomic mass is 9.94. The van der Waals surface area contributed by atoms with Crippen LogP contribution in [0.3, 0.4) is 0 Å². The molecule has 0 aliphatic heterocycles. The van der Waals surface area contributed by atoms with Crippen molar-refractivity contribution in [1.82, 2.24) is 10.2 Å². The number of Topliss-reactive ketones (excluding diaryl/α,β-unsaturated/α-hetero) is 1. The number of aromatic nitrogens is 2. The Labute approximate surface area is 106 Å². The summed E-state index contributed by atoms with van der Waals surface area (Å²) < 4.78 is 0. The van der Waals surface area contributed by atoms with Gasteiger partial charge in [0.05, 0.1) is 11.7 Å². The number of H-pyrrole nitrogens is 1. The SMILES string of the molecule is CC(=O)/C(=C(\N)c1ccc2[nH]ncc2c1)C(C)C. The molecule has 0 aliphatic rings. The molecule has 0 spiro atoms. The third-order valence-corrected chi connectivity index (χ3v) is 3.00. The van der Waals surface area contributed by atoms with Gasteiger partial charge in [0.15, 0.2) is 5.78 Å². The quantitative estimate of drug-likeness (QED) is 0.813. The average molecular weight is 243 g/mol. The van der Waals surface area contributed by atoms with Gasteiger partial charge >= 0.3 is 0 Å². The molecule has 0 amide bonds. The van der Waals surface area contributed by atoms with Crippen LogP contribution in [0.2, 0.25) is 0 Å². The maximum Gasteiger partial charge on any atom is 0.158 e. The van der Waals surface area contributed by atoms with Crippen molar-refractivity contribution < 1.29 is 4.79 Å². The van der Waals surface area contributed by atoms with Gasteiger partial charge in [-0.2, -0.15) is 5.10 Å². The van der Waals surface area contributed by atoms with Gasteiger partial charge in [0.2, 0.25) is 0 Å². The topological polar surface area (TPSA) is 71.8 Å². The van der Waals surface area contributed by atoms with Crippen molar-refractivity contribution in [3.05, 3.63) is 35.5 Å². The van der Waals surface area contributed by atoms with Crippen LogP contribution in [-0.4, -0.2) is 16.0 Å². The van der Waals surface area contributed by atoms with Crippen molar-refractivity contribution in [2.24, 2.45) is 11.7 Å². The number of ketones is 1. The van der Waals surface area contributed by atoms with Gasteiger partial charge in [-0.15, -0.1) is 0 Å². The van der Waals surface area contributed by atoms with Gasteiger partial charge in [-0.05, 0) is 30.5 Å². The zero-order chi connectivity index (χ0) is 13.3. The summed E-state index contributed by atoms with van der Waals surface area (Å²) in [5.74, 6) is 0.136. The van der Waals surface area contributed by atoms with Crippen molar-refractivity contribution in [2.45, 2.75) is 20.8 Å². The molecule has 1 aromatic carbocycles. The number of carbonyl (C=O) groups is 1. The Morgan fingerprint density at radius 2 is 2.11 bits per heavy atom. The summed E-state index contributed by atoms with van der Waals surface area (Å²) in [7, 11) is 0. The lowest BCUT2D eigenvalue weighted by Gasteiger charge is -2.13. The van der Waals surface area contributed by atoms with Crippen LogP contribution < -0.4 is 5.73 Å². The number of allylic oxidation sites excluding steroid dienone is 1. The van der Waals surface area contributed by atoms with Crippen LogP contribution >= 0.6 is 0 Å². The molecule has 2 rings (SSSR count). The number of hydrogen-bond donors (Lipinski definition) is 2. The summed E-state index contributed by atoms with van der Waals surface area (Å²) in [6.07, 6.45) is 1.74. The van der Waals surface area contributed by atoms with Gasteiger partial charge in [0.1, 0.15) is 0 Å². The standard InChI is InChI=1S/C14H17N3O/c1-8(2)13(9(3)18)14(15)10-4-5-12-11(6-10)7-16-17-12/h4-8H,15H2,1-3H3,(H,16,17)/b14-13-. The number of nitrogens with one attached hydrogen (secondary N) is 1. The minimum absolute atomic E-state index is 0.0230. The van der Waals surface area contributed by atoms with E-state index in [0.717, 1.165) is 16.5 Å². The van der Waals surface area contributed by atoms with Gasteiger partial charge in [0, 0.05) is 16.7 Å². The number of nitrogens with two attached hydrogens (primary N) is 1. The van der Waals surface area contributed by atoms with E-state index in [1.807, 2.05) is 32.0 Å². The third-order valence-electron chi connectivity index (χ3n) is 3.00. The van der Waals surface area contributed by atoms with Gasteiger partial charge in [0.25, 0.3) is 0 Å². The summed E-state index contributed by atoms with van der Waals surface area (Å²) in [4.78, 5) is 11.7. The maximum absolute atomic E-state index is 11.7. The summed E-state index contributed by atoms with van der Waals surface area (Å²) in [5.41, 5.74) is 9.19. The Morgan fingerprint density at radius 1 is 1.39 bits per heavy atom. The van der Waals surface area contributed by atoms with Crippen molar-refractivity contribution >= 4 is 22.4 Å². The number of nitrogens with zero attached hydrogens (tertiary/aromatic N) is 1. The molecule has 0 unspecified atom stereocenters. The lowest BCUT2D eigenvalue weighted by Crippen LogP contribution is -2.12. The van der Waals surface area contributed by atoms with E-state index in [1.165, 1.54) is 0 Å². The fraction of sp³-hybridized carbons (Fsp3) is 0.286. The summed E-state index contributed by atoms with van der Waals surface area (Å²) in [6.45, 7) is 5.50. The molecule has 0 fully saturated rings. The fourth-order valence-electron chi connectivity index (χ4n) is 2.17. The first-order valence-electron chi connectivity index (χ1n) is 5.94. The molecule has 4 nitrogen and oxygen atoms in total. The highest BCUT2D eigenvalue weighted by molar-refractivity contribution is 6.01. The third kappa shape index (κ3) is 2.14. The van der Waals surface area contributed by atoms with Crippen molar-refractivity contribution in [1.29, 1.82) is 0 Å². The van der Waals surface area contributed by atoms with Crippen LogP contribution in [0.4, 0.5) is 0 Å². The van der Waals surface area contributed by atoms with Crippen molar-refractivity contribution in [3.8, 4) is 0 Å². The highest BCUT2D eigenvalue weighted by Gasteiger charge is 2.15. The molecule has 2 aromatic rings. The van der Waals surface area contributed by atoms with Crippen LogP contribution in [0.15, 0.2) is 30.0 Å². The summed E-state index contributed by atoms with van der Waals surface area (Å²) >= 11 is 0. The molecule has 0 radical (unpaired) electrons. The molecular weight excluding hydrogens is 226 g/mol. The number of fused-ring (bicyclic) bond motifs is 1. The smallest absolute Gasteiger partial charge is 0.158 e. The first-order valence-corrected chi connectivity index (χ1v) is 5.94. The van der Waals surface area contributed by atoms with Crippen molar-refractivity contribution in [3.63, 3.8) is 0 Å². The van der Waals surface area contributed by atoms with Crippen LogP contribution in [0.5, 0.6) is 0 Å². The Balaban J connectivity index is 2.57. The van der Waals surface area contributed by atoms with Gasteiger partial charge in [-0.1, -0.05) is 19.9 Å². The second kappa shape index (κ2) is 4.64. The average Bonchev–Trinajstić information content (AvgIpc) is 2.74. The fourth-order valence-corrected chi connectivity index (χ4v) is 2.17. The van der Waals surface area contributed by atoms with E-state index in [-0.39, 0.29) is 11.7 Å². The highest BCUT2D eigenvalue weighted by atomic mass is 16.1. The molecule has 0 aliphatic carbocycles. The predicted molar refractivity (Wildman–Crippen MR) is 72.7 cm³/mol. The number of benzene rings is 1. The minimum Gasteiger partial charge on any atom is -0.398 e. The normalized spacial score (nSPS) is 12.9. The molecule has 4 heteroatoms. The first-order chi connectivity index (χ1) is 8.50. The lowest BCUT2D eigenvalue weighted by molar-refractivity contribution is -0.113. The van der Waals surface area contributed by atoms with Gasteiger partial charge in [-0.3, -0.25) is 9.89 Å². The summed E-state index contributed by atoms with van der Waals surface area (Å²) in [6, 6.07) is 5.77. The molecule has 1 heterocycles. The van der Waals surface area contributed by atoms with E-state index in [2.05, 4.69) is 10.2 Å².